The topological polar surface area (TPSA) is 80.9 Å². The van der Waals surface area contributed by atoms with E-state index >= 15 is 0 Å². The second kappa shape index (κ2) is 5.36. The van der Waals surface area contributed by atoms with Crippen LogP contribution in [-0.2, 0) is 0 Å². The van der Waals surface area contributed by atoms with Crippen LogP contribution in [0, 0.1) is 52.3 Å². The summed E-state index contributed by atoms with van der Waals surface area (Å²) in [4.78, 5) is 0. The standard InChI is InChI=1S/C24H38O4/c1-21-7-4-13(26)12-24(21,28)17-10-14(17)19-16(21)5-8-22(2)20(19)15-11-18(15)23(22,27)6-3-9-25/h13-20,25-28H,3-12H2,1-2H3/t13?,14-,15+,16?,17+,18-,19?,20?,21?,22-,23-,24+/m0/s1. The summed E-state index contributed by atoms with van der Waals surface area (Å²) in [5.74, 6) is 3.82. The van der Waals surface area contributed by atoms with Crippen molar-refractivity contribution < 1.29 is 20.4 Å². The summed E-state index contributed by atoms with van der Waals surface area (Å²) < 4.78 is 0. The van der Waals surface area contributed by atoms with Crippen LogP contribution in [0.25, 0.3) is 0 Å². The molecule has 6 rings (SSSR count). The van der Waals surface area contributed by atoms with Gasteiger partial charge in [0.25, 0.3) is 0 Å². The van der Waals surface area contributed by atoms with Crippen LogP contribution in [0.1, 0.15) is 71.6 Å². The maximum absolute atomic E-state index is 11.9. The molecule has 6 aliphatic rings. The Labute approximate surface area is 168 Å². The molecule has 6 aliphatic carbocycles. The highest BCUT2D eigenvalue weighted by atomic mass is 16.3. The molecule has 0 amide bonds. The monoisotopic (exact) mass is 390 g/mol. The number of rotatable bonds is 3. The van der Waals surface area contributed by atoms with Crippen molar-refractivity contribution >= 4 is 0 Å². The Bertz CT molecular complexity index is 696. The zero-order chi connectivity index (χ0) is 19.7. The van der Waals surface area contributed by atoms with Gasteiger partial charge in [-0.1, -0.05) is 13.8 Å². The van der Waals surface area contributed by atoms with E-state index in [4.69, 9.17) is 0 Å². The highest BCUT2D eigenvalue weighted by Gasteiger charge is 2.80. The maximum atomic E-state index is 11.9. The van der Waals surface area contributed by atoms with Crippen molar-refractivity contribution in [3.8, 4) is 0 Å². The summed E-state index contributed by atoms with van der Waals surface area (Å²) in [6, 6.07) is 0. The van der Waals surface area contributed by atoms with Crippen molar-refractivity contribution in [3.63, 3.8) is 0 Å². The molecule has 0 saturated heterocycles. The fraction of sp³-hybridized carbons (Fsp3) is 1.00. The van der Waals surface area contributed by atoms with Crippen LogP contribution in [0.15, 0.2) is 0 Å². The molecule has 12 atom stereocenters. The van der Waals surface area contributed by atoms with Crippen molar-refractivity contribution in [3.05, 3.63) is 0 Å². The lowest BCUT2D eigenvalue weighted by atomic mass is 9.42. The highest BCUT2D eigenvalue weighted by molar-refractivity contribution is 5.29. The van der Waals surface area contributed by atoms with Gasteiger partial charge in [-0.05, 0) is 104 Å². The van der Waals surface area contributed by atoms with Crippen LogP contribution in [0.3, 0.4) is 0 Å². The summed E-state index contributed by atoms with van der Waals surface area (Å²) in [7, 11) is 0. The van der Waals surface area contributed by atoms with E-state index in [0.717, 1.165) is 38.5 Å². The molecule has 0 spiro atoms. The normalized spacial score (nSPS) is 66.2. The third-order valence-electron chi connectivity index (χ3n) is 11.5. The molecular formula is C24H38O4. The maximum Gasteiger partial charge on any atom is 0.0759 e. The molecule has 4 N–H and O–H groups in total. The second-order valence-corrected chi connectivity index (χ2v) is 12.2. The number of aliphatic hydroxyl groups excluding tert-OH is 2. The summed E-state index contributed by atoms with van der Waals surface area (Å²) in [5.41, 5.74) is -1.38. The molecule has 0 radical (unpaired) electrons. The van der Waals surface area contributed by atoms with E-state index in [1.165, 1.54) is 6.42 Å². The average molecular weight is 391 g/mol. The smallest absolute Gasteiger partial charge is 0.0759 e. The molecular weight excluding hydrogens is 352 g/mol. The molecule has 6 fully saturated rings. The van der Waals surface area contributed by atoms with Gasteiger partial charge in [0.15, 0.2) is 0 Å². The van der Waals surface area contributed by atoms with Crippen molar-refractivity contribution in [2.24, 2.45) is 52.3 Å². The van der Waals surface area contributed by atoms with Gasteiger partial charge in [-0.15, -0.1) is 0 Å². The van der Waals surface area contributed by atoms with Crippen LogP contribution in [0.2, 0.25) is 0 Å². The van der Waals surface area contributed by atoms with Crippen LogP contribution in [0.4, 0.5) is 0 Å². The molecule has 158 valence electrons. The highest BCUT2D eigenvalue weighted by Crippen LogP contribution is 2.82. The summed E-state index contributed by atoms with van der Waals surface area (Å²) in [6.45, 7) is 4.87. The number of fused-ring (bicyclic) bond motifs is 10. The molecule has 0 aromatic carbocycles. The SMILES string of the molecule is CC12CCC(O)C[C@@]1(O)[C@@H]1C[C@@H]1C1C2CC[C@@]2(C)C1[C@@H]1C[C@@H]1[C@@]2(O)CCCO. The fourth-order valence-electron chi connectivity index (χ4n) is 10.1. The Balaban J connectivity index is 1.38. The molecule has 0 aliphatic heterocycles. The lowest BCUT2D eigenvalue weighted by molar-refractivity contribution is -0.237. The minimum absolute atomic E-state index is 0.0238. The number of hydrogen-bond acceptors (Lipinski definition) is 4. The van der Waals surface area contributed by atoms with E-state index in [-0.39, 0.29) is 23.5 Å². The first-order valence-electron chi connectivity index (χ1n) is 11.9. The zero-order valence-electron chi connectivity index (χ0n) is 17.5. The van der Waals surface area contributed by atoms with Crippen molar-refractivity contribution in [2.75, 3.05) is 6.61 Å². The van der Waals surface area contributed by atoms with E-state index in [9.17, 15) is 20.4 Å². The molecule has 0 bridgehead atoms. The first-order chi connectivity index (χ1) is 13.2. The fourth-order valence-corrected chi connectivity index (χ4v) is 10.1. The Morgan fingerprint density at radius 2 is 1.61 bits per heavy atom. The molecule has 0 heterocycles. The van der Waals surface area contributed by atoms with Crippen molar-refractivity contribution in [1.29, 1.82) is 0 Å². The number of hydrogen-bond donors (Lipinski definition) is 4. The Morgan fingerprint density at radius 1 is 0.893 bits per heavy atom. The van der Waals surface area contributed by atoms with Crippen LogP contribution < -0.4 is 0 Å². The predicted octanol–water partition coefficient (Wildman–Crippen LogP) is 2.72. The third-order valence-corrected chi connectivity index (χ3v) is 11.5. The van der Waals surface area contributed by atoms with Gasteiger partial charge in [0.2, 0.25) is 0 Å². The molecule has 0 aromatic rings. The van der Waals surface area contributed by atoms with Gasteiger partial charge in [0.05, 0.1) is 17.3 Å². The van der Waals surface area contributed by atoms with E-state index < -0.39 is 11.2 Å². The van der Waals surface area contributed by atoms with Crippen molar-refractivity contribution in [1.82, 2.24) is 0 Å². The van der Waals surface area contributed by atoms with Crippen LogP contribution >= 0.6 is 0 Å². The van der Waals surface area contributed by atoms with Crippen molar-refractivity contribution in [2.45, 2.75) is 88.9 Å². The first kappa shape index (κ1) is 18.6. The van der Waals surface area contributed by atoms with E-state index in [1.54, 1.807) is 0 Å². The summed E-state index contributed by atoms with van der Waals surface area (Å²) in [5, 5.41) is 43.4. The van der Waals surface area contributed by atoms with Gasteiger partial charge in [-0.25, -0.2) is 0 Å². The average Bonchev–Trinajstić information content (AvgIpc) is 3.54. The van der Waals surface area contributed by atoms with E-state index in [1.807, 2.05) is 0 Å². The molecule has 6 saturated carbocycles. The van der Waals surface area contributed by atoms with E-state index in [0.29, 0.717) is 54.3 Å². The van der Waals surface area contributed by atoms with Gasteiger partial charge in [0.1, 0.15) is 0 Å². The first-order valence-corrected chi connectivity index (χ1v) is 11.9. The lowest BCUT2D eigenvalue weighted by Crippen LogP contribution is -2.65. The van der Waals surface area contributed by atoms with Crippen LogP contribution in [-0.4, -0.2) is 44.3 Å². The van der Waals surface area contributed by atoms with Gasteiger partial charge in [-0.3, -0.25) is 0 Å². The number of aliphatic hydroxyl groups is 4. The van der Waals surface area contributed by atoms with Gasteiger partial charge < -0.3 is 20.4 Å². The predicted molar refractivity (Wildman–Crippen MR) is 105 cm³/mol. The molecule has 0 aromatic heterocycles. The second-order valence-electron chi connectivity index (χ2n) is 12.2. The Morgan fingerprint density at radius 3 is 2.36 bits per heavy atom. The van der Waals surface area contributed by atoms with E-state index in [2.05, 4.69) is 13.8 Å². The summed E-state index contributed by atoms with van der Waals surface area (Å²) in [6.07, 6.45) is 7.91. The minimum Gasteiger partial charge on any atom is -0.396 e. The molecule has 28 heavy (non-hydrogen) atoms. The van der Waals surface area contributed by atoms with Gasteiger partial charge in [-0.2, -0.15) is 0 Å². The molecule has 4 nitrogen and oxygen atoms in total. The molecule has 5 unspecified atom stereocenters. The lowest BCUT2D eigenvalue weighted by Gasteiger charge is -2.64. The van der Waals surface area contributed by atoms with Gasteiger partial charge >= 0.3 is 0 Å². The van der Waals surface area contributed by atoms with Crippen LogP contribution in [0.5, 0.6) is 0 Å². The minimum atomic E-state index is -0.682. The zero-order valence-corrected chi connectivity index (χ0v) is 17.5. The van der Waals surface area contributed by atoms with Gasteiger partial charge in [0, 0.05) is 13.0 Å². The Hall–Kier alpha value is -0.160. The summed E-state index contributed by atoms with van der Waals surface area (Å²) >= 11 is 0. The quantitative estimate of drug-likeness (QED) is 0.597. The third kappa shape index (κ3) is 1.89. The largest absolute Gasteiger partial charge is 0.396 e. The Kier molecular flexibility index (Phi) is 3.56. The molecule has 4 heteroatoms.